The maximum Gasteiger partial charge on any atom is 0.155 e. The molecule has 1 heterocycles. The number of aliphatic hydroxyl groups is 1. The second kappa shape index (κ2) is 4.05. The molecule has 1 aromatic rings. The Morgan fingerprint density at radius 2 is 2.07 bits per heavy atom. The highest BCUT2D eigenvalue weighted by Gasteiger charge is 2.40. The molecule has 1 atom stereocenters. The summed E-state index contributed by atoms with van der Waals surface area (Å²) in [6.07, 6.45) is 0.0116. The van der Waals surface area contributed by atoms with Crippen LogP contribution in [-0.2, 0) is 9.84 Å². The third-order valence-corrected chi connectivity index (χ3v) is 6.05. The summed E-state index contributed by atoms with van der Waals surface area (Å²) in [4.78, 5) is 0.493. The van der Waals surface area contributed by atoms with Gasteiger partial charge in [-0.2, -0.15) is 0 Å². The summed E-state index contributed by atoms with van der Waals surface area (Å²) in [5.41, 5.74) is 0. The zero-order valence-electron chi connectivity index (χ0n) is 8.69. The summed E-state index contributed by atoms with van der Waals surface area (Å²) in [5.74, 6) is 0. The summed E-state index contributed by atoms with van der Waals surface area (Å²) in [6.45, 7) is 2.98. The van der Waals surface area contributed by atoms with Crippen LogP contribution < -0.4 is 0 Å². The van der Waals surface area contributed by atoms with Crippen molar-refractivity contribution in [3.63, 3.8) is 0 Å². The van der Waals surface area contributed by atoms with Crippen molar-refractivity contribution in [2.75, 3.05) is 6.26 Å². The number of aliphatic hydroxyl groups excluding tert-OH is 1. The van der Waals surface area contributed by atoms with E-state index < -0.39 is 20.7 Å². The van der Waals surface area contributed by atoms with Crippen LogP contribution in [0, 0.1) is 0 Å². The minimum Gasteiger partial charge on any atom is -0.386 e. The Kier molecular flexibility index (Phi) is 3.50. The first-order valence-corrected chi connectivity index (χ1v) is 7.43. The Morgan fingerprint density at radius 3 is 2.40 bits per heavy atom. The number of hydrogen-bond acceptors (Lipinski definition) is 4. The molecule has 15 heavy (non-hydrogen) atoms. The zero-order valence-corrected chi connectivity index (χ0v) is 11.1. The minimum atomic E-state index is -3.35. The van der Waals surface area contributed by atoms with Gasteiger partial charge in [0.2, 0.25) is 0 Å². The van der Waals surface area contributed by atoms with E-state index in [1.807, 2.05) is 0 Å². The molecule has 86 valence electrons. The van der Waals surface area contributed by atoms with E-state index in [9.17, 15) is 13.5 Å². The summed E-state index contributed by atoms with van der Waals surface area (Å²) in [7, 11) is -3.35. The number of halogens is 1. The maximum absolute atomic E-state index is 11.5. The molecule has 0 radical (unpaired) electrons. The van der Waals surface area contributed by atoms with E-state index in [4.69, 9.17) is 11.6 Å². The first-order valence-electron chi connectivity index (χ1n) is 4.28. The summed E-state index contributed by atoms with van der Waals surface area (Å²) < 4.78 is 21.8. The Morgan fingerprint density at radius 1 is 1.53 bits per heavy atom. The van der Waals surface area contributed by atoms with Gasteiger partial charge >= 0.3 is 0 Å². The standard InChI is InChI=1S/C9H13ClO3S2/c1-9(2,15(3,12)13)8(11)7-6(10)4-5-14-7/h4-5,8,11H,1-3H3. The predicted molar refractivity (Wildman–Crippen MR) is 63.2 cm³/mol. The van der Waals surface area contributed by atoms with Crippen molar-refractivity contribution in [1.82, 2.24) is 0 Å². The van der Waals surface area contributed by atoms with Crippen molar-refractivity contribution in [3.8, 4) is 0 Å². The van der Waals surface area contributed by atoms with E-state index in [2.05, 4.69) is 0 Å². The highest BCUT2D eigenvalue weighted by molar-refractivity contribution is 7.92. The molecule has 3 nitrogen and oxygen atoms in total. The molecule has 0 saturated carbocycles. The fraction of sp³-hybridized carbons (Fsp3) is 0.556. The van der Waals surface area contributed by atoms with Crippen molar-refractivity contribution in [2.45, 2.75) is 24.7 Å². The van der Waals surface area contributed by atoms with E-state index in [0.717, 1.165) is 6.26 Å². The van der Waals surface area contributed by atoms with Gasteiger partial charge in [-0.15, -0.1) is 11.3 Å². The molecule has 6 heteroatoms. The molecule has 0 aliphatic carbocycles. The smallest absolute Gasteiger partial charge is 0.155 e. The van der Waals surface area contributed by atoms with E-state index in [1.165, 1.54) is 25.2 Å². The normalized spacial score (nSPS) is 15.3. The average Bonchev–Trinajstić information content (AvgIpc) is 2.48. The number of sulfone groups is 1. The molecule has 1 N–H and O–H groups in total. The lowest BCUT2D eigenvalue weighted by molar-refractivity contribution is 0.143. The summed E-state index contributed by atoms with van der Waals surface area (Å²) >= 11 is 7.10. The molecule has 0 fully saturated rings. The maximum atomic E-state index is 11.5. The topological polar surface area (TPSA) is 54.4 Å². The lowest BCUT2D eigenvalue weighted by Gasteiger charge is -2.28. The molecular formula is C9H13ClO3S2. The highest BCUT2D eigenvalue weighted by Crippen LogP contribution is 2.38. The number of rotatable bonds is 3. The van der Waals surface area contributed by atoms with Crippen LogP contribution in [0.1, 0.15) is 24.8 Å². The van der Waals surface area contributed by atoms with Gasteiger partial charge in [0.25, 0.3) is 0 Å². The van der Waals surface area contributed by atoms with Crippen molar-refractivity contribution in [3.05, 3.63) is 21.3 Å². The Bertz CT molecular complexity index is 448. The van der Waals surface area contributed by atoms with Crippen LogP contribution in [0.5, 0.6) is 0 Å². The number of hydrogen-bond donors (Lipinski definition) is 1. The molecule has 1 aromatic heterocycles. The lowest BCUT2D eigenvalue weighted by Crippen LogP contribution is -2.37. The fourth-order valence-electron chi connectivity index (χ4n) is 1.02. The van der Waals surface area contributed by atoms with Gasteiger partial charge in [-0.3, -0.25) is 0 Å². The van der Waals surface area contributed by atoms with Gasteiger partial charge in [-0.1, -0.05) is 11.6 Å². The monoisotopic (exact) mass is 268 g/mol. The lowest BCUT2D eigenvalue weighted by atomic mass is 10.1. The van der Waals surface area contributed by atoms with Crippen LogP contribution in [0.2, 0.25) is 5.02 Å². The van der Waals surface area contributed by atoms with Gasteiger partial charge in [0.1, 0.15) is 6.10 Å². The van der Waals surface area contributed by atoms with Gasteiger partial charge in [0, 0.05) is 6.26 Å². The molecule has 1 rings (SSSR count). The fourth-order valence-corrected chi connectivity index (χ4v) is 2.95. The van der Waals surface area contributed by atoms with Crippen LogP contribution in [0.25, 0.3) is 0 Å². The Labute approximate surface area is 98.6 Å². The van der Waals surface area contributed by atoms with Crippen molar-refractivity contribution in [2.24, 2.45) is 0 Å². The molecule has 0 aromatic carbocycles. The Balaban J connectivity index is 3.16. The largest absolute Gasteiger partial charge is 0.386 e. The van der Waals surface area contributed by atoms with Crippen LogP contribution in [0.3, 0.4) is 0 Å². The quantitative estimate of drug-likeness (QED) is 0.915. The van der Waals surface area contributed by atoms with Gasteiger partial charge in [-0.05, 0) is 25.3 Å². The van der Waals surface area contributed by atoms with Crippen LogP contribution in [-0.4, -0.2) is 24.5 Å². The van der Waals surface area contributed by atoms with Crippen molar-refractivity contribution < 1.29 is 13.5 Å². The third kappa shape index (κ3) is 2.36. The van der Waals surface area contributed by atoms with Gasteiger partial charge in [0.05, 0.1) is 14.6 Å². The molecule has 0 amide bonds. The predicted octanol–water partition coefficient (Wildman–Crippen LogP) is 2.26. The van der Waals surface area contributed by atoms with Crippen molar-refractivity contribution in [1.29, 1.82) is 0 Å². The van der Waals surface area contributed by atoms with E-state index in [-0.39, 0.29) is 0 Å². The van der Waals surface area contributed by atoms with Crippen molar-refractivity contribution >= 4 is 32.8 Å². The van der Waals surface area contributed by atoms with E-state index >= 15 is 0 Å². The van der Waals surface area contributed by atoms with E-state index in [1.54, 1.807) is 11.4 Å². The average molecular weight is 269 g/mol. The molecular weight excluding hydrogens is 256 g/mol. The second-order valence-electron chi connectivity index (χ2n) is 3.91. The number of thiophene rings is 1. The van der Waals surface area contributed by atoms with Crippen LogP contribution in [0.15, 0.2) is 11.4 Å². The second-order valence-corrected chi connectivity index (χ2v) is 7.86. The molecule has 0 bridgehead atoms. The van der Waals surface area contributed by atoms with Gasteiger partial charge in [-0.25, -0.2) is 8.42 Å². The third-order valence-electron chi connectivity index (χ3n) is 2.51. The van der Waals surface area contributed by atoms with Gasteiger partial charge in [0.15, 0.2) is 9.84 Å². The highest BCUT2D eigenvalue weighted by atomic mass is 35.5. The van der Waals surface area contributed by atoms with Gasteiger partial charge < -0.3 is 5.11 Å². The summed E-state index contributed by atoms with van der Waals surface area (Å²) in [6, 6.07) is 1.64. The van der Waals surface area contributed by atoms with E-state index in [0.29, 0.717) is 9.90 Å². The zero-order chi connectivity index (χ0) is 11.9. The first kappa shape index (κ1) is 13.0. The Hall–Kier alpha value is -0.100. The molecule has 0 spiro atoms. The van der Waals surface area contributed by atoms with Crippen LogP contribution in [0.4, 0.5) is 0 Å². The minimum absolute atomic E-state index is 0.407. The first-order chi connectivity index (χ1) is 6.68. The SMILES string of the molecule is CC(C)(C(O)c1sccc1Cl)S(C)(=O)=O. The summed E-state index contributed by atoms with van der Waals surface area (Å²) in [5, 5.41) is 12.1. The van der Waals surface area contributed by atoms with Crippen LogP contribution >= 0.6 is 22.9 Å². The molecule has 0 saturated heterocycles. The molecule has 1 unspecified atom stereocenters. The molecule has 0 aliphatic heterocycles. The molecule has 0 aliphatic rings.